The Morgan fingerprint density at radius 2 is 2.05 bits per heavy atom. The van der Waals surface area contributed by atoms with Crippen molar-refractivity contribution in [2.24, 2.45) is 10.7 Å². The molecule has 0 atom stereocenters. The van der Waals surface area contributed by atoms with E-state index in [2.05, 4.69) is 10.3 Å². The van der Waals surface area contributed by atoms with Crippen molar-refractivity contribution in [3.63, 3.8) is 0 Å². The van der Waals surface area contributed by atoms with Crippen LogP contribution in [0, 0.1) is 0 Å². The van der Waals surface area contributed by atoms with Crippen molar-refractivity contribution in [1.82, 2.24) is 0 Å². The number of fused-ring (bicyclic) bond motifs is 1. The zero-order valence-corrected chi connectivity index (χ0v) is 11.5. The van der Waals surface area contributed by atoms with Crippen LogP contribution in [0.3, 0.4) is 0 Å². The number of nitrogens with zero attached hydrogens (tertiary/aromatic N) is 1. The average molecular weight is 287 g/mol. The van der Waals surface area contributed by atoms with Crippen molar-refractivity contribution in [2.45, 2.75) is 13.0 Å². The Morgan fingerprint density at radius 3 is 2.86 bits per heavy atom. The molecule has 110 valence electrons. The maximum absolute atomic E-state index is 5.87. The van der Waals surface area contributed by atoms with Gasteiger partial charge in [0.25, 0.3) is 0 Å². The van der Waals surface area contributed by atoms with Crippen molar-refractivity contribution in [1.29, 1.82) is 0 Å². The molecule has 1 aliphatic heterocycles. The van der Waals surface area contributed by atoms with Gasteiger partial charge in [-0.1, -0.05) is 0 Å². The van der Waals surface area contributed by atoms with Gasteiger partial charge in [-0.15, -0.1) is 0 Å². The quantitative estimate of drug-likeness (QED) is 0.669. The fourth-order valence-electron chi connectivity index (χ4n) is 1.99. The molecule has 0 saturated heterocycles. The Labute approximate surface area is 122 Å². The first kappa shape index (κ1) is 13.4. The maximum Gasteiger partial charge on any atom is 0.193 e. The lowest BCUT2D eigenvalue weighted by Gasteiger charge is -2.10. The summed E-state index contributed by atoms with van der Waals surface area (Å²) in [5, 5.41) is 3.04. The molecule has 0 aliphatic carbocycles. The van der Waals surface area contributed by atoms with E-state index in [0.29, 0.717) is 25.7 Å². The van der Waals surface area contributed by atoms with Gasteiger partial charge in [-0.3, -0.25) is 0 Å². The van der Waals surface area contributed by atoms with E-state index >= 15 is 0 Å². The number of aliphatic imine (C=N–C) groups is 1. The predicted molar refractivity (Wildman–Crippen MR) is 79.7 cm³/mol. The molecule has 6 heteroatoms. The third kappa shape index (κ3) is 3.47. The van der Waals surface area contributed by atoms with Crippen LogP contribution >= 0.6 is 0 Å². The summed E-state index contributed by atoms with van der Waals surface area (Å²) < 4.78 is 16.2. The van der Waals surface area contributed by atoms with E-state index in [1.165, 1.54) is 0 Å². The van der Waals surface area contributed by atoms with Crippen molar-refractivity contribution in [2.75, 3.05) is 18.5 Å². The lowest BCUT2D eigenvalue weighted by atomic mass is 10.3. The third-order valence-corrected chi connectivity index (χ3v) is 3.03. The molecule has 0 amide bonds. The maximum atomic E-state index is 5.87. The van der Waals surface area contributed by atoms with Crippen LogP contribution in [0.2, 0.25) is 0 Å². The van der Waals surface area contributed by atoms with Crippen molar-refractivity contribution in [3.8, 4) is 11.5 Å². The molecule has 1 aromatic carbocycles. The highest BCUT2D eigenvalue weighted by molar-refractivity contribution is 5.92. The largest absolute Gasteiger partial charge is 0.490 e. The number of guanidine groups is 1. The highest BCUT2D eigenvalue weighted by Crippen LogP contribution is 2.32. The molecule has 6 nitrogen and oxygen atoms in total. The van der Waals surface area contributed by atoms with E-state index in [9.17, 15) is 0 Å². The number of hydrogen-bond acceptors (Lipinski definition) is 4. The molecule has 0 spiro atoms. The molecule has 2 heterocycles. The smallest absolute Gasteiger partial charge is 0.193 e. The first-order valence-electron chi connectivity index (χ1n) is 6.79. The van der Waals surface area contributed by atoms with Crippen molar-refractivity contribution in [3.05, 3.63) is 42.4 Å². The SMILES string of the molecule is NC(=NCc1ccoc1)Nc1ccc2c(c1)OCCCO2. The van der Waals surface area contributed by atoms with Crippen LogP contribution in [0.1, 0.15) is 12.0 Å². The van der Waals surface area contributed by atoms with Crippen molar-refractivity contribution < 1.29 is 13.9 Å². The number of benzene rings is 1. The Bertz CT molecular complexity index is 623. The number of anilines is 1. The second kappa shape index (κ2) is 6.21. The molecule has 0 unspecified atom stereocenters. The minimum Gasteiger partial charge on any atom is -0.490 e. The summed E-state index contributed by atoms with van der Waals surface area (Å²) in [6.45, 7) is 1.80. The molecule has 0 radical (unpaired) electrons. The monoisotopic (exact) mass is 287 g/mol. The molecule has 1 aliphatic rings. The standard InChI is InChI=1S/C15H17N3O3/c16-15(17-9-11-4-7-19-10-11)18-12-2-3-13-14(8-12)21-6-1-5-20-13/h2-4,7-8,10H,1,5-6,9H2,(H3,16,17,18). The minimum absolute atomic E-state index is 0.339. The van der Waals surface area contributed by atoms with Crippen LogP contribution in [0.4, 0.5) is 5.69 Å². The summed E-state index contributed by atoms with van der Waals surface area (Å²) in [6.07, 6.45) is 4.13. The van der Waals surface area contributed by atoms with E-state index in [-0.39, 0.29) is 0 Å². The van der Waals surface area contributed by atoms with Gasteiger partial charge in [0.05, 0.1) is 32.3 Å². The molecule has 2 aromatic rings. The Kier molecular flexibility index (Phi) is 3.95. The van der Waals surface area contributed by atoms with Gasteiger partial charge in [0.1, 0.15) is 0 Å². The molecule has 0 saturated carbocycles. The van der Waals surface area contributed by atoms with E-state index < -0.39 is 0 Å². The lowest BCUT2D eigenvalue weighted by molar-refractivity contribution is 0.297. The molecule has 0 bridgehead atoms. The van der Waals surface area contributed by atoms with Gasteiger partial charge in [-0.05, 0) is 18.2 Å². The summed E-state index contributed by atoms with van der Waals surface area (Å²) in [5.41, 5.74) is 7.65. The van der Waals surface area contributed by atoms with Crippen LogP contribution in [0.25, 0.3) is 0 Å². The van der Waals surface area contributed by atoms with Crippen LogP contribution < -0.4 is 20.5 Å². The van der Waals surface area contributed by atoms with Crippen LogP contribution in [-0.2, 0) is 6.54 Å². The summed E-state index contributed by atoms with van der Waals surface area (Å²) >= 11 is 0. The van der Waals surface area contributed by atoms with Gasteiger partial charge in [0.15, 0.2) is 17.5 Å². The van der Waals surface area contributed by atoms with Gasteiger partial charge in [0, 0.05) is 23.7 Å². The third-order valence-electron chi connectivity index (χ3n) is 3.03. The Morgan fingerprint density at radius 1 is 1.19 bits per heavy atom. The number of nitrogens with one attached hydrogen (secondary N) is 1. The molecule has 1 aromatic heterocycles. The fraction of sp³-hybridized carbons (Fsp3) is 0.267. The average Bonchev–Trinajstić information content (AvgIpc) is 2.90. The highest BCUT2D eigenvalue weighted by atomic mass is 16.5. The number of nitrogens with two attached hydrogens (primary N) is 1. The molecule has 3 N–H and O–H groups in total. The predicted octanol–water partition coefficient (Wildman–Crippen LogP) is 2.37. The van der Waals surface area contributed by atoms with Gasteiger partial charge in [-0.25, -0.2) is 4.99 Å². The summed E-state index contributed by atoms with van der Waals surface area (Å²) in [4.78, 5) is 4.24. The second-order valence-electron chi connectivity index (χ2n) is 4.67. The van der Waals surface area contributed by atoms with Crippen molar-refractivity contribution >= 4 is 11.6 Å². The Hall–Kier alpha value is -2.63. The molecule has 0 fully saturated rings. The summed E-state index contributed by atoms with van der Waals surface area (Å²) in [6, 6.07) is 7.46. The minimum atomic E-state index is 0.339. The fourth-order valence-corrected chi connectivity index (χ4v) is 1.99. The topological polar surface area (TPSA) is 82.0 Å². The molecule has 3 rings (SSSR count). The lowest BCUT2D eigenvalue weighted by Crippen LogP contribution is -2.22. The molecule has 21 heavy (non-hydrogen) atoms. The van der Waals surface area contributed by atoms with Gasteiger partial charge in [-0.2, -0.15) is 0 Å². The normalized spacial score (nSPS) is 14.6. The van der Waals surface area contributed by atoms with E-state index in [1.807, 2.05) is 24.3 Å². The van der Waals surface area contributed by atoms with Crippen LogP contribution in [0.15, 0.2) is 46.2 Å². The first-order valence-corrected chi connectivity index (χ1v) is 6.79. The zero-order valence-electron chi connectivity index (χ0n) is 11.5. The first-order chi connectivity index (χ1) is 10.3. The number of rotatable bonds is 3. The van der Waals surface area contributed by atoms with Crippen LogP contribution in [-0.4, -0.2) is 19.2 Å². The van der Waals surface area contributed by atoms with Gasteiger partial charge in [0.2, 0.25) is 0 Å². The highest BCUT2D eigenvalue weighted by Gasteiger charge is 2.10. The molecular weight excluding hydrogens is 270 g/mol. The van der Waals surface area contributed by atoms with E-state index in [4.69, 9.17) is 19.6 Å². The van der Waals surface area contributed by atoms with Gasteiger partial charge < -0.3 is 24.9 Å². The summed E-state index contributed by atoms with van der Waals surface area (Å²) in [7, 11) is 0. The number of hydrogen-bond donors (Lipinski definition) is 2. The molecular formula is C15H17N3O3. The van der Waals surface area contributed by atoms with Gasteiger partial charge >= 0.3 is 0 Å². The van der Waals surface area contributed by atoms with E-state index in [1.54, 1.807) is 12.5 Å². The summed E-state index contributed by atoms with van der Waals surface area (Å²) in [5.74, 6) is 1.82. The Balaban J connectivity index is 1.67. The number of ether oxygens (including phenoxy) is 2. The second-order valence-corrected chi connectivity index (χ2v) is 4.67. The zero-order chi connectivity index (χ0) is 14.5. The number of furan rings is 1. The van der Waals surface area contributed by atoms with Crippen LogP contribution in [0.5, 0.6) is 11.5 Å². The van der Waals surface area contributed by atoms with E-state index in [0.717, 1.165) is 29.2 Å².